The van der Waals surface area contributed by atoms with E-state index in [2.05, 4.69) is 5.32 Å². The highest BCUT2D eigenvalue weighted by Gasteiger charge is 2.23. The van der Waals surface area contributed by atoms with E-state index < -0.39 is 44.7 Å². The Balaban J connectivity index is 2.76. The number of anilines is 1. The lowest BCUT2D eigenvalue weighted by Crippen LogP contribution is -2.21. The number of benzene rings is 1. The second-order valence-electron chi connectivity index (χ2n) is 4.32. The number of hydrogen-bond donors (Lipinski definition) is 2. The van der Waals surface area contributed by atoms with Crippen molar-refractivity contribution in [2.45, 2.75) is 19.8 Å². The Kier molecular flexibility index (Phi) is 6.41. The zero-order chi connectivity index (χ0) is 16.0. The molecule has 0 aromatic heterocycles. The molecular formula is C12H16F4N2O2S. The molecule has 4 nitrogen and oxygen atoms in total. The van der Waals surface area contributed by atoms with E-state index in [4.69, 9.17) is 0 Å². The molecule has 0 bridgehead atoms. The van der Waals surface area contributed by atoms with Gasteiger partial charge in [0.2, 0.25) is 10.0 Å². The number of unbranched alkanes of at least 4 members (excludes halogenated alkanes) is 1. The summed E-state index contributed by atoms with van der Waals surface area (Å²) < 4.78 is 77.5. The molecule has 0 radical (unpaired) electrons. The molecule has 0 unspecified atom stereocenters. The lowest BCUT2D eigenvalue weighted by Gasteiger charge is -2.10. The molecular weight excluding hydrogens is 312 g/mol. The normalized spacial score (nSPS) is 11.7. The predicted octanol–water partition coefficient (Wildman–Crippen LogP) is 2.37. The first kappa shape index (κ1) is 17.7. The summed E-state index contributed by atoms with van der Waals surface area (Å²) in [4.78, 5) is 0. The van der Waals surface area contributed by atoms with E-state index in [1.165, 1.54) is 0 Å². The van der Waals surface area contributed by atoms with Crippen LogP contribution in [0.2, 0.25) is 0 Å². The molecule has 1 aromatic rings. The third kappa shape index (κ3) is 5.16. The van der Waals surface area contributed by atoms with Gasteiger partial charge in [-0.05, 0) is 25.9 Å². The van der Waals surface area contributed by atoms with Crippen LogP contribution in [-0.4, -0.2) is 27.3 Å². The van der Waals surface area contributed by atoms with Crippen LogP contribution in [0.15, 0.2) is 6.07 Å². The molecule has 1 rings (SSSR count). The molecule has 120 valence electrons. The molecule has 0 heterocycles. The molecule has 0 aliphatic heterocycles. The van der Waals surface area contributed by atoms with Gasteiger partial charge < -0.3 is 5.32 Å². The maximum Gasteiger partial charge on any atom is 0.232 e. The SMILES string of the molecule is CCNCCCCS(=O)(=O)Nc1c(F)c(F)cc(F)c1F. The van der Waals surface area contributed by atoms with Crippen molar-refractivity contribution in [3.8, 4) is 0 Å². The van der Waals surface area contributed by atoms with Crippen LogP contribution < -0.4 is 10.0 Å². The van der Waals surface area contributed by atoms with Crippen molar-refractivity contribution < 1.29 is 26.0 Å². The summed E-state index contributed by atoms with van der Waals surface area (Å²) in [5, 5.41) is 2.98. The molecule has 1 aromatic carbocycles. The minimum atomic E-state index is -4.09. The molecule has 0 amide bonds. The highest BCUT2D eigenvalue weighted by Crippen LogP contribution is 2.25. The summed E-state index contributed by atoms with van der Waals surface area (Å²) in [6, 6.07) is 0.0128. The highest BCUT2D eigenvalue weighted by atomic mass is 32.2. The van der Waals surface area contributed by atoms with Crippen molar-refractivity contribution in [1.29, 1.82) is 0 Å². The number of rotatable bonds is 8. The van der Waals surface area contributed by atoms with E-state index in [9.17, 15) is 26.0 Å². The Morgan fingerprint density at radius 1 is 1.05 bits per heavy atom. The molecule has 0 aliphatic rings. The van der Waals surface area contributed by atoms with Crippen molar-refractivity contribution >= 4 is 15.7 Å². The monoisotopic (exact) mass is 328 g/mol. The fourth-order valence-corrected chi connectivity index (χ4v) is 2.76. The third-order valence-electron chi connectivity index (χ3n) is 2.64. The van der Waals surface area contributed by atoms with Gasteiger partial charge in [-0.1, -0.05) is 6.92 Å². The Morgan fingerprint density at radius 2 is 1.62 bits per heavy atom. The van der Waals surface area contributed by atoms with Crippen LogP contribution in [0.5, 0.6) is 0 Å². The Labute approximate surface area is 120 Å². The minimum Gasteiger partial charge on any atom is -0.317 e. The number of sulfonamides is 1. The van der Waals surface area contributed by atoms with Crippen molar-refractivity contribution in [1.82, 2.24) is 5.32 Å². The van der Waals surface area contributed by atoms with Gasteiger partial charge in [-0.3, -0.25) is 4.72 Å². The van der Waals surface area contributed by atoms with Gasteiger partial charge >= 0.3 is 0 Å². The van der Waals surface area contributed by atoms with Gasteiger partial charge in [-0.15, -0.1) is 0 Å². The van der Waals surface area contributed by atoms with Gasteiger partial charge in [0, 0.05) is 6.07 Å². The molecule has 21 heavy (non-hydrogen) atoms. The minimum absolute atomic E-state index is 0.0128. The van der Waals surface area contributed by atoms with E-state index in [1.807, 2.05) is 6.92 Å². The lowest BCUT2D eigenvalue weighted by atomic mass is 10.3. The lowest BCUT2D eigenvalue weighted by molar-refractivity contribution is 0.459. The first-order valence-electron chi connectivity index (χ1n) is 6.32. The zero-order valence-corrected chi connectivity index (χ0v) is 12.2. The molecule has 0 spiro atoms. The van der Waals surface area contributed by atoms with Crippen LogP contribution in [-0.2, 0) is 10.0 Å². The first-order valence-corrected chi connectivity index (χ1v) is 7.98. The van der Waals surface area contributed by atoms with Crippen molar-refractivity contribution in [3.05, 3.63) is 29.3 Å². The van der Waals surface area contributed by atoms with Gasteiger partial charge in [0.25, 0.3) is 0 Å². The van der Waals surface area contributed by atoms with E-state index in [1.54, 1.807) is 4.72 Å². The van der Waals surface area contributed by atoms with Crippen LogP contribution in [0.1, 0.15) is 19.8 Å². The zero-order valence-electron chi connectivity index (χ0n) is 11.3. The predicted molar refractivity (Wildman–Crippen MR) is 71.5 cm³/mol. The topological polar surface area (TPSA) is 58.2 Å². The molecule has 0 saturated carbocycles. The summed E-state index contributed by atoms with van der Waals surface area (Å²) in [6.07, 6.45) is 0.778. The molecule has 0 atom stereocenters. The van der Waals surface area contributed by atoms with Crippen LogP contribution in [0.4, 0.5) is 23.2 Å². The summed E-state index contributed by atoms with van der Waals surface area (Å²) >= 11 is 0. The van der Waals surface area contributed by atoms with E-state index >= 15 is 0 Å². The van der Waals surface area contributed by atoms with E-state index in [0.29, 0.717) is 13.0 Å². The average molecular weight is 328 g/mol. The smallest absolute Gasteiger partial charge is 0.232 e. The summed E-state index contributed by atoms with van der Waals surface area (Å²) in [7, 11) is -4.09. The van der Waals surface area contributed by atoms with E-state index in [-0.39, 0.29) is 12.5 Å². The summed E-state index contributed by atoms with van der Waals surface area (Å²) in [6.45, 7) is 3.23. The second kappa shape index (κ2) is 7.60. The van der Waals surface area contributed by atoms with Crippen molar-refractivity contribution in [2.75, 3.05) is 23.6 Å². The van der Waals surface area contributed by atoms with Crippen LogP contribution >= 0.6 is 0 Å². The molecule has 0 fully saturated rings. The summed E-state index contributed by atoms with van der Waals surface area (Å²) in [5.74, 6) is -7.29. The Bertz CT molecular complexity index is 567. The maximum atomic E-state index is 13.3. The van der Waals surface area contributed by atoms with Crippen LogP contribution in [0, 0.1) is 23.3 Å². The van der Waals surface area contributed by atoms with Gasteiger partial charge in [-0.2, -0.15) is 0 Å². The summed E-state index contributed by atoms with van der Waals surface area (Å²) in [5.41, 5.74) is -1.33. The average Bonchev–Trinajstić information content (AvgIpc) is 2.41. The van der Waals surface area contributed by atoms with Gasteiger partial charge in [0.05, 0.1) is 5.75 Å². The van der Waals surface area contributed by atoms with Gasteiger partial charge in [-0.25, -0.2) is 26.0 Å². The molecule has 0 saturated heterocycles. The van der Waals surface area contributed by atoms with Crippen molar-refractivity contribution in [3.63, 3.8) is 0 Å². The van der Waals surface area contributed by atoms with Crippen LogP contribution in [0.25, 0.3) is 0 Å². The fourth-order valence-electron chi connectivity index (χ4n) is 1.59. The maximum absolute atomic E-state index is 13.3. The number of halogens is 4. The van der Waals surface area contributed by atoms with Crippen LogP contribution in [0.3, 0.4) is 0 Å². The Morgan fingerprint density at radius 3 is 2.14 bits per heavy atom. The standard InChI is InChI=1S/C12H16F4N2O2S/c1-2-17-5-3-4-6-21(19,20)18-12-10(15)8(13)7-9(14)11(12)16/h7,17-18H,2-6H2,1H3. The molecule has 9 heteroatoms. The fraction of sp³-hybridized carbons (Fsp3) is 0.500. The molecule has 0 aliphatic carbocycles. The third-order valence-corrected chi connectivity index (χ3v) is 3.98. The van der Waals surface area contributed by atoms with E-state index in [0.717, 1.165) is 6.54 Å². The number of hydrogen-bond acceptors (Lipinski definition) is 3. The second-order valence-corrected chi connectivity index (χ2v) is 6.17. The first-order chi connectivity index (χ1) is 9.78. The highest BCUT2D eigenvalue weighted by molar-refractivity contribution is 7.92. The van der Waals surface area contributed by atoms with Gasteiger partial charge in [0.15, 0.2) is 23.3 Å². The quantitative estimate of drug-likeness (QED) is 0.438. The largest absolute Gasteiger partial charge is 0.317 e. The van der Waals surface area contributed by atoms with Crippen molar-refractivity contribution in [2.24, 2.45) is 0 Å². The number of nitrogens with one attached hydrogen (secondary N) is 2. The molecule has 2 N–H and O–H groups in total. The Hall–Kier alpha value is -1.35. The van der Waals surface area contributed by atoms with Gasteiger partial charge in [0.1, 0.15) is 5.69 Å².